The van der Waals surface area contributed by atoms with Gasteiger partial charge in [-0.1, -0.05) is 0 Å². The third-order valence-electron chi connectivity index (χ3n) is 3.03. The first-order valence-electron chi connectivity index (χ1n) is 6.52. The number of hydrogen-bond acceptors (Lipinski definition) is 10. The van der Waals surface area contributed by atoms with E-state index in [4.69, 9.17) is 39.1 Å². The lowest BCUT2D eigenvalue weighted by Crippen LogP contribution is -2.65. The highest BCUT2D eigenvalue weighted by molar-refractivity contribution is 7.47. The first kappa shape index (κ1) is 26.4. The van der Waals surface area contributed by atoms with Gasteiger partial charge in [-0.25, -0.2) is 18.3 Å². The summed E-state index contributed by atoms with van der Waals surface area (Å²) in [6.45, 7) is 0. The van der Waals surface area contributed by atoms with E-state index < -0.39 is 67.9 Å². The van der Waals surface area contributed by atoms with Crippen molar-refractivity contribution in [3.8, 4) is 0 Å². The normalized spacial score (nSPS) is 33.1. The lowest BCUT2D eigenvalue weighted by atomic mass is 9.85. The summed E-state index contributed by atoms with van der Waals surface area (Å²) in [5.41, 5.74) is 0. The highest BCUT2D eigenvalue weighted by Crippen LogP contribution is 2.51. The monoisotopic (exact) mass is 500 g/mol. The van der Waals surface area contributed by atoms with Gasteiger partial charge < -0.3 is 49.4 Å². The molecule has 1 aliphatic carbocycles. The average Bonchev–Trinajstić information content (AvgIpc) is 2.39. The first-order chi connectivity index (χ1) is 12.2. The Bertz CT molecular complexity index is 604. The average molecular weight is 500 g/mol. The zero-order chi connectivity index (χ0) is 22.3. The molecule has 0 unspecified atom stereocenters. The molecule has 0 spiro atoms. The number of aliphatic hydroxyl groups is 2. The van der Waals surface area contributed by atoms with E-state index in [1.54, 1.807) is 0 Å². The van der Waals surface area contributed by atoms with E-state index in [1.807, 2.05) is 0 Å². The van der Waals surface area contributed by atoms with Gasteiger partial charge in [0.2, 0.25) is 0 Å². The molecule has 1 aliphatic rings. The molecule has 0 radical (unpaired) electrons. The van der Waals surface area contributed by atoms with Gasteiger partial charge in [0.15, 0.2) is 0 Å². The van der Waals surface area contributed by atoms with Crippen LogP contribution in [-0.2, 0) is 36.4 Å². The van der Waals surface area contributed by atoms with Crippen LogP contribution in [0, 0.1) is 0 Å². The van der Waals surface area contributed by atoms with Crippen molar-refractivity contribution in [3.63, 3.8) is 0 Å². The molecule has 0 saturated heterocycles. The summed E-state index contributed by atoms with van der Waals surface area (Å²) in [6, 6.07) is 0. The Balaban J connectivity index is 3.47. The van der Waals surface area contributed by atoms with Crippen molar-refractivity contribution in [2.24, 2.45) is 0 Å². The maximum Gasteiger partial charge on any atom is 0.470 e. The Morgan fingerprint density at radius 3 is 0.679 bits per heavy atom. The molecule has 0 amide bonds. The number of rotatable bonds is 8. The standard InChI is InChI=1S/C6H16O18P4/c7-1-3(21-25(9,10)11)5(23-27(15,16)17)2(8)6(24-28(18,19)20)4(1)22-26(12,13)14/h1-8H,(H2,9,10,11)(H2,12,13,14)(H2,15,16,17)(H2,18,19,20)/t1?,2?,3-,4-,5+,6+. The van der Waals surface area contributed by atoms with Gasteiger partial charge in [-0.2, -0.15) is 0 Å². The van der Waals surface area contributed by atoms with Gasteiger partial charge in [0.25, 0.3) is 0 Å². The Labute approximate surface area is 154 Å². The van der Waals surface area contributed by atoms with Crippen molar-refractivity contribution >= 4 is 31.3 Å². The van der Waals surface area contributed by atoms with Gasteiger partial charge in [-0.05, 0) is 0 Å². The molecule has 22 heteroatoms. The van der Waals surface area contributed by atoms with E-state index in [2.05, 4.69) is 18.1 Å². The third-order valence-corrected chi connectivity index (χ3v) is 5.10. The number of hydrogen-bond donors (Lipinski definition) is 10. The van der Waals surface area contributed by atoms with E-state index in [0.717, 1.165) is 0 Å². The van der Waals surface area contributed by atoms with Crippen LogP contribution in [0.4, 0.5) is 0 Å². The van der Waals surface area contributed by atoms with Gasteiger partial charge in [-0.15, -0.1) is 0 Å². The van der Waals surface area contributed by atoms with Crippen LogP contribution in [0.1, 0.15) is 0 Å². The van der Waals surface area contributed by atoms with Crippen LogP contribution in [0.3, 0.4) is 0 Å². The highest BCUT2D eigenvalue weighted by atomic mass is 31.2. The molecule has 0 aliphatic heterocycles. The molecule has 0 heterocycles. The Hall–Kier alpha value is 0.360. The van der Waals surface area contributed by atoms with Crippen molar-refractivity contribution in [3.05, 3.63) is 0 Å². The third kappa shape index (κ3) is 8.62. The van der Waals surface area contributed by atoms with Crippen LogP contribution in [0.5, 0.6) is 0 Å². The Morgan fingerprint density at radius 2 is 0.571 bits per heavy atom. The van der Waals surface area contributed by atoms with E-state index in [0.29, 0.717) is 0 Å². The maximum absolute atomic E-state index is 11.0. The molecule has 1 fully saturated rings. The summed E-state index contributed by atoms with van der Waals surface area (Å²) in [4.78, 5) is 70.9. The summed E-state index contributed by atoms with van der Waals surface area (Å²) >= 11 is 0. The lowest BCUT2D eigenvalue weighted by Gasteiger charge is -2.45. The minimum Gasteiger partial charge on any atom is -0.387 e. The summed E-state index contributed by atoms with van der Waals surface area (Å²) in [6.07, 6.45) is -15.9. The van der Waals surface area contributed by atoms with Crippen LogP contribution >= 0.6 is 31.3 Å². The Morgan fingerprint density at radius 1 is 0.429 bits per heavy atom. The molecule has 4 atom stereocenters. The second-order valence-electron chi connectivity index (χ2n) is 5.22. The van der Waals surface area contributed by atoms with Gasteiger partial charge in [0.05, 0.1) is 0 Å². The van der Waals surface area contributed by atoms with Crippen LogP contribution < -0.4 is 0 Å². The van der Waals surface area contributed by atoms with Crippen molar-refractivity contribution < 1.29 is 85.7 Å². The van der Waals surface area contributed by atoms with Crippen molar-refractivity contribution in [2.75, 3.05) is 0 Å². The number of phosphoric ester groups is 4. The fourth-order valence-corrected chi connectivity index (χ4v) is 4.52. The second-order valence-corrected chi connectivity index (χ2v) is 9.99. The SMILES string of the molecule is O=P(O)(O)O[C@@H]1C(O)[C@@H](OP(=O)(O)O)[C@@H](OP(=O)(O)O)C(O)[C@@H]1OP(=O)(O)O. The molecule has 1 rings (SSSR count). The largest absolute Gasteiger partial charge is 0.470 e. The van der Waals surface area contributed by atoms with Crippen LogP contribution in [0.25, 0.3) is 0 Å². The molecule has 18 nitrogen and oxygen atoms in total. The van der Waals surface area contributed by atoms with Crippen LogP contribution in [0.15, 0.2) is 0 Å². The first-order valence-corrected chi connectivity index (χ1v) is 12.6. The van der Waals surface area contributed by atoms with Gasteiger partial charge in [0.1, 0.15) is 36.6 Å². The van der Waals surface area contributed by atoms with Gasteiger partial charge in [-0.3, -0.25) is 18.1 Å². The molecule has 10 N–H and O–H groups in total. The highest BCUT2D eigenvalue weighted by Gasteiger charge is 2.58. The minimum absolute atomic E-state index is 2.61. The van der Waals surface area contributed by atoms with E-state index in [1.165, 1.54) is 0 Å². The second kappa shape index (κ2) is 8.85. The van der Waals surface area contributed by atoms with Crippen molar-refractivity contribution in [1.29, 1.82) is 0 Å². The van der Waals surface area contributed by atoms with E-state index in [-0.39, 0.29) is 0 Å². The summed E-state index contributed by atoms with van der Waals surface area (Å²) < 4.78 is 60.4. The topological polar surface area (TPSA) is 308 Å². The van der Waals surface area contributed by atoms with E-state index in [9.17, 15) is 28.5 Å². The van der Waals surface area contributed by atoms with Gasteiger partial charge in [0, 0.05) is 0 Å². The van der Waals surface area contributed by atoms with Crippen LogP contribution in [0.2, 0.25) is 0 Å². The summed E-state index contributed by atoms with van der Waals surface area (Å²) in [5.74, 6) is 0. The predicted molar refractivity (Wildman–Crippen MR) is 79.7 cm³/mol. The smallest absolute Gasteiger partial charge is 0.387 e. The predicted octanol–water partition coefficient (Wildman–Crippen LogP) is -3.37. The minimum atomic E-state index is -5.59. The molecule has 1 saturated carbocycles. The fourth-order valence-electron chi connectivity index (χ4n) is 2.27. The molecular weight excluding hydrogens is 484 g/mol. The zero-order valence-electron chi connectivity index (χ0n) is 13.0. The maximum atomic E-state index is 11.0. The van der Waals surface area contributed by atoms with Crippen LogP contribution in [-0.4, -0.2) is 86.0 Å². The molecule has 168 valence electrons. The lowest BCUT2D eigenvalue weighted by molar-refractivity contribution is -0.208. The quantitative estimate of drug-likeness (QED) is 0.145. The molecule has 0 aromatic heterocycles. The van der Waals surface area contributed by atoms with Gasteiger partial charge >= 0.3 is 31.3 Å². The summed E-state index contributed by atoms with van der Waals surface area (Å²) in [7, 11) is -22.3. The zero-order valence-corrected chi connectivity index (χ0v) is 16.6. The molecule has 0 aromatic carbocycles. The molecule has 0 bridgehead atoms. The van der Waals surface area contributed by atoms with Crippen molar-refractivity contribution in [2.45, 2.75) is 36.6 Å². The molecule has 0 aromatic rings. The summed E-state index contributed by atoms with van der Waals surface area (Å²) in [5, 5.41) is 20.2. The number of aliphatic hydroxyl groups excluding tert-OH is 2. The molecule has 28 heavy (non-hydrogen) atoms. The number of phosphoric acid groups is 4. The molecular formula is C6H16O18P4. The Kier molecular flexibility index (Phi) is 8.34. The fraction of sp³-hybridized carbons (Fsp3) is 1.00. The van der Waals surface area contributed by atoms with E-state index >= 15 is 0 Å². The van der Waals surface area contributed by atoms with Crippen molar-refractivity contribution in [1.82, 2.24) is 0 Å².